The molecule has 0 aliphatic rings. The van der Waals surface area contributed by atoms with Crippen LogP contribution < -0.4 is 0 Å². The second-order valence-electron chi connectivity index (χ2n) is 13.1. The number of benzene rings is 1. The molecule has 254 valence electrons. The molecule has 1 aromatic rings. The van der Waals surface area contributed by atoms with Crippen molar-refractivity contribution in [2.24, 2.45) is 0 Å². The molecule has 0 N–H and O–H groups in total. The largest absolute Gasteiger partial charge is 0.459 e. The average molecular weight is 615 g/mol. The normalized spacial score (nSPS) is 12.6. The van der Waals surface area contributed by atoms with E-state index in [0.717, 1.165) is 64.2 Å². The van der Waals surface area contributed by atoms with E-state index < -0.39 is 11.9 Å². The molecule has 0 amide bonds. The summed E-state index contributed by atoms with van der Waals surface area (Å²) in [6.45, 7) is 8.87. The number of rotatable bonds is 30. The van der Waals surface area contributed by atoms with Crippen molar-refractivity contribution < 1.29 is 19.1 Å². The van der Waals surface area contributed by atoms with Gasteiger partial charge in [0.15, 0.2) is 0 Å². The van der Waals surface area contributed by atoms with Gasteiger partial charge < -0.3 is 9.47 Å². The molecule has 0 saturated carbocycles. The van der Waals surface area contributed by atoms with Gasteiger partial charge in [0.2, 0.25) is 0 Å². The van der Waals surface area contributed by atoms with Crippen LogP contribution in [0.25, 0.3) is 0 Å². The van der Waals surface area contributed by atoms with Gasteiger partial charge in [0.1, 0.15) is 12.2 Å². The topological polar surface area (TPSA) is 52.6 Å². The van der Waals surface area contributed by atoms with Crippen molar-refractivity contribution in [2.45, 2.75) is 207 Å². The lowest BCUT2D eigenvalue weighted by Gasteiger charge is -2.20. The monoisotopic (exact) mass is 615 g/mol. The maximum absolute atomic E-state index is 13.4. The van der Waals surface area contributed by atoms with E-state index in [1.54, 1.807) is 12.1 Å². The first-order chi connectivity index (χ1) is 21.6. The summed E-state index contributed by atoms with van der Waals surface area (Å²) < 4.78 is 12.1. The molecule has 0 aliphatic heterocycles. The Balaban J connectivity index is 2.63. The van der Waals surface area contributed by atoms with Crippen LogP contribution in [0.15, 0.2) is 24.3 Å². The molecule has 4 heteroatoms. The summed E-state index contributed by atoms with van der Waals surface area (Å²) in [7, 11) is 0. The first-order valence-electron chi connectivity index (χ1n) is 19.1. The number of carbonyl (C=O) groups is 2. The molecule has 2 atom stereocenters. The summed E-state index contributed by atoms with van der Waals surface area (Å²) in [6.07, 6.45) is 30.6. The fraction of sp³-hybridized carbons (Fsp3) is 0.800. The van der Waals surface area contributed by atoms with Gasteiger partial charge in [0, 0.05) is 0 Å². The number of ether oxygens (including phenoxy) is 2. The van der Waals surface area contributed by atoms with Crippen molar-refractivity contribution in [3.8, 4) is 0 Å². The molecule has 44 heavy (non-hydrogen) atoms. The van der Waals surface area contributed by atoms with E-state index in [1.165, 1.54) is 103 Å². The first kappa shape index (κ1) is 40.2. The van der Waals surface area contributed by atoms with Crippen LogP contribution in [0.5, 0.6) is 0 Å². The molecule has 0 spiro atoms. The smallest absolute Gasteiger partial charge is 0.339 e. The Hall–Kier alpha value is -1.84. The van der Waals surface area contributed by atoms with E-state index in [2.05, 4.69) is 27.7 Å². The molecule has 2 unspecified atom stereocenters. The van der Waals surface area contributed by atoms with Gasteiger partial charge >= 0.3 is 11.9 Å². The van der Waals surface area contributed by atoms with Gasteiger partial charge in [-0.15, -0.1) is 0 Å². The summed E-state index contributed by atoms with van der Waals surface area (Å²) in [6, 6.07) is 7.06. The third-order valence-electron chi connectivity index (χ3n) is 8.93. The van der Waals surface area contributed by atoms with Gasteiger partial charge in [-0.1, -0.05) is 168 Å². The molecule has 0 bridgehead atoms. The third-order valence-corrected chi connectivity index (χ3v) is 8.93. The van der Waals surface area contributed by atoms with Gasteiger partial charge in [0.25, 0.3) is 0 Å². The van der Waals surface area contributed by atoms with Crippen LogP contribution in [-0.2, 0) is 9.47 Å². The van der Waals surface area contributed by atoms with Crippen molar-refractivity contribution >= 4 is 11.9 Å². The van der Waals surface area contributed by atoms with E-state index >= 15 is 0 Å². The van der Waals surface area contributed by atoms with Gasteiger partial charge in [-0.3, -0.25) is 0 Å². The number of hydrogen-bond donors (Lipinski definition) is 0. The molecule has 0 radical (unpaired) electrons. The average Bonchev–Trinajstić information content (AvgIpc) is 3.04. The van der Waals surface area contributed by atoms with Crippen LogP contribution in [0, 0.1) is 0 Å². The van der Waals surface area contributed by atoms with Crippen molar-refractivity contribution in [2.75, 3.05) is 0 Å². The highest BCUT2D eigenvalue weighted by atomic mass is 16.5. The Morgan fingerprint density at radius 3 is 1.02 bits per heavy atom. The summed E-state index contributed by atoms with van der Waals surface area (Å²) in [5.41, 5.74) is 0.673. The van der Waals surface area contributed by atoms with Crippen LogP contribution in [0.2, 0.25) is 0 Å². The molecular weight excluding hydrogens is 544 g/mol. The van der Waals surface area contributed by atoms with E-state index in [-0.39, 0.29) is 12.2 Å². The molecule has 1 aromatic carbocycles. The zero-order valence-corrected chi connectivity index (χ0v) is 29.5. The minimum absolute atomic E-state index is 0.0972. The summed E-state index contributed by atoms with van der Waals surface area (Å²) in [4.78, 5) is 26.8. The van der Waals surface area contributed by atoms with Crippen molar-refractivity contribution in [1.82, 2.24) is 0 Å². The molecule has 0 heterocycles. The van der Waals surface area contributed by atoms with Gasteiger partial charge in [-0.2, -0.15) is 0 Å². The number of carbonyl (C=O) groups excluding carboxylic acids is 2. The zero-order valence-electron chi connectivity index (χ0n) is 29.5. The fourth-order valence-corrected chi connectivity index (χ4v) is 6.02. The lowest BCUT2D eigenvalue weighted by Crippen LogP contribution is -2.23. The van der Waals surface area contributed by atoms with Crippen LogP contribution in [0.4, 0.5) is 0 Å². The highest BCUT2D eigenvalue weighted by molar-refractivity contribution is 6.03. The molecule has 1 rings (SSSR count). The number of unbranched alkanes of at least 4 members (excludes halogenated alkanes) is 18. The lowest BCUT2D eigenvalue weighted by atomic mass is 10.0. The van der Waals surface area contributed by atoms with Crippen LogP contribution in [0.1, 0.15) is 215 Å². The standard InChI is InChI=1S/C40H70O4/c1-5-9-13-15-17-19-21-23-25-31-35(29-11-7-3)43-39(41)37-33-27-28-34-38(37)40(42)44-36(30-12-8-4)32-26-24-22-20-18-16-14-10-6-2/h27-28,33-36H,5-26,29-32H2,1-4H3. The van der Waals surface area contributed by atoms with Crippen LogP contribution in [0.3, 0.4) is 0 Å². The minimum Gasteiger partial charge on any atom is -0.459 e. The quantitative estimate of drug-likeness (QED) is 0.0639. The Morgan fingerprint density at radius 2 is 0.705 bits per heavy atom. The Labute approximate surface area is 272 Å². The fourth-order valence-electron chi connectivity index (χ4n) is 6.02. The molecular formula is C40H70O4. The second kappa shape index (κ2) is 28.6. The summed E-state index contributed by atoms with van der Waals surface area (Å²) in [5, 5.41) is 0. The van der Waals surface area contributed by atoms with Crippen molar-refractivity contribution in [3.63, 3.8) is 0 Å². The van der Waals surface area contributed by atoms with E-state index in [4.69, 9.17) is 9.47 Å². The maximum Gasteiger partial charge on any atom is 0.339 e. The highest BCUT2D eigenvalue weighted by Gasteiger charge is 2.24. The van der Waals surface area contributed by atoms with E-state index in [0.29, 0.717) is 11.1 Å². The van der Waals surface area contributed by atoms with Gasteiger partial charge in [0.05, 0.1) is 11.1 Å². The number of esters is 2. The van der Waals surface area contributed by atoms with Gasteiger partial charge in [-0.05, 0) is 50.7 Å². The third kappa shape index (κ3) is 20.2. The SMILES string of the molecule is CCCCCCCCCCCC(CCCC)OC(=O)c1ccccc1C(=O)OC(CCCC)CCCCCCCCCCC. The predicted octanol–water partition coefficient (Wildman–Crippen LogP) is 13.0. The second-order valence-corrected chi connectivity index (χ2v) is 13.1. The summed E-state index contributed by atoms with van der Waals surface area (Å²) in [5.74, 6) is -0.780. The van der Waals surface area contributed by atoms with Gasteiger partial charge in [-0.25, -0.2) is 9.59 Å². The predicted molar refractivity (Wildman–Crippen MR) is 188 cm³/mol. The van der Waals surface area contributed by atoms with Crippen molar-refractivity contribution in [1.29, 1.82) is 0 Å². The Morgan fingerprint density at radius 1 is 0.432 bits per heavy atom. The van der Waals surface area contributed by atoms with Crippen LogP contribution >= 0.6 is 0 Å². The molecule has 0 fully saturated rings. The molecule has 0 saturated heterocycles. The van der Waals surface area contributed by atoms with E-state index in [1.807, 2.05) is 12.1 Å². The maximum atomic E-state index is 13.4. The Bertz CT molecular complexity index is 752. The summed E-state index contributed by atoms with van der Waals surface area (Å²) >= 11 is 0. The molecule has 0 aliphatic carbocycles. The molecule has 4 nitrogen and oxygen atoms in total. The first-order valence-corrected chi connectivity index (χ1v) is 19.1. The van der Waals surface area contributed by atoms with Crippen LogP contribution in [-0.4, -0.2) is 24.1 Å². The minimum atomic E-state index is -0.390. The number of hydrogen-bond acceptors (Lipinski definition) is 4. The lowest BCUT2D eigenvalue weighted by molar-refractivity contribution is 0.0202. The van der Waals surface area contributed by atoms with E-state index in [9.17, 15) is 9.59 Å². The highest BCUT2D eigenvalue weighted by Crippen LogP contribution is 2.22. The Kier molecular flexibility index (Phi) is 26.1. The van der Waals surface area contributed by atoms with Crippen molar-refractivity contribution in [3.05, 3.63) is 35.4 Å². The zero-order chi connectivity index (χ0) is 32.1. The molecule has 0 aromatic heterocycles.